The first-order valence-electron chi connectivity index (χ1n) is 5.79. The van der Waals surface area contributed by atoms with Gasteiger partial charge in [-0.15, -0.1) is 0 Å². The fraction of sp³-hybridized carbons (Fsp3) is 0.571. The van der Waals surface area contributed by atoms with E-state index < -0.39 is 5.60 Å². The highest BCUT2D eigenvalue weighted by atomic mass is 32.2. The molecule has 0 amide bonds. The van der Waals surface area contributed by atoms with Crippen molar-refractivity contribution in [3.8, 4) is 0 Å². The maximum absolute atomic E-state index is 10.8. The number of thioether (sulfide) groups is 1. The zero-order valence-electron chi connectivity index (χ0n) is 10.3. The maximum Gasteiger partial charge on any atom is 0.0992 e. The van der Waals surface area contributed by atoms with Gasteiger partial charge >= 0.3 is 0 Å². The van der Waals surface area contributed by atoms with E-state index in [9.17, 15) is 5.11 Å². The number of benzene rings is 1. The van der Waals surface area contributed by atoms with E-state index >= 15 is 0 Å². The lowest BCUT2D eigenvalue weighted by molar-refractivity contribution is 0.0156. The van der Waals surface area contributed by atoms with Crippen molar-refractivity contribution in [3.05, 3.63) is 35.4 Å². The third kappa shape index (κ3) is 2.44. The van der Waals surface area contributed by atoms with Gasteiger partial charge in [-0.1, -0.05) is 43.7 Å². The number of aryl methyl sites for hydroxylation is 1. The smallest absolute Gasteiger partial charge is 0.0992 e. The molecule has 0 spiro atoms. The summed E-state index contributed by atoms with van der Waals surface area (Å²) in [6.45, 7) is 6.55. The Morgan fingerprint density at radius 1 is 1.25 bits per heavy atom. The number of hydrogen-bond acceptors (Lipinski definition) is 2. The zero-order valence-corrected chi connectivity index (χ0v) is 11.1. The van der Waals surface area contributed by atoms with Crippen LogP contribution < -0.4 is 0 Å². The Balaban J connectivity index is 2.31. The molecule has 1 aromatic rings. The highest BCUT2D eigenvalue weighted by Gasteiger charge is 2.40. The van der Waals surface area contributed by atoms with Crippen LogP contribution >= 0.6 is 11.8 Å². The summed E-state index contributed by atoms with van der Waals surface area (Å²) in [5.74, 6) is 1.96. The molecule has 1 heterocycles. The van der Waals surface area contributed by atoms with Gasteiger partial charge in [0.05, 0.1) is 5.60 Å². The van der Waals surface area contributed by atoms with Gasteiger partial charge in [0.15, 0.2) is 0 Å². The molecule has 1 fully saturated rings. The van der Waals surface area contributed by atoms with Crippen LogP contribution in [0, 0.1) is 12.3 Å². The Kier molecular flexibility index (Phi) is 3.06. The molecule has 0 aromatic heterocycles. The first-order chi connectivity index (χ1) is 7.41. The Bertz CT molecular complexity index is 386. The van der Waals surface area contributed by atoms with E-state index in [1.165, 1.54) is 5.56 Å². The summed E-state index contributed by atoms with van der Waals surface area (Å²) < 4.78 is 0. The van der Waals surface area contributed by atoms with E-state index in [0.29, 0.717) is 0 Å². The number of hydrogen-bond donors (Lipinski definition) is 1. The minimum Gasteiger partial charge on any atom is -0.384 e. The average molecular weight is 236 g/mol. The van der Waals surface area contributed by atoms with Gasteiger partial charge in [0.25, 0.3) is 0 Å². The van der Waals surface area contributed by atoms with Crippen molar-refractivity contribution >= 4 is 11.8 Å². The number of aliphatic hydroxyl groups is 1. The van der Waals surface area contributed by atoms with Crippen LogP contribution in [-0.4, -0.2) is 16.6 Å². The molecular weight excluding hydrogens is 216 g/mol. The van der Waals surface area contributed by atoms with Gasteiger partial charge in [-0.05, 0) is 30.1 Å². The van der Waals surface area contributed by atoms with Crippen LogP contribution in [0.4, 0.5) is 0 Å². The summed E-state index contributed by atoms with van der Waals surface area (Å²) >= 11 is 1.86. The Hall–Kier alpha value is -0.470. The van der Waals surface area contributed by atoms with Crippen LogP contribution in [0.3, 0.4) is 0 Å². The fourth-order valence-electron chi connectivity index (χ4n) is 2.51. The zero-order chi connectivity index (χ0) is 11.8. The first kappa shape index (κ1) is 12.0. The topological polar surface area (TPSA) is 20.2 Å². The van der Waals surface area contributed by atoms with Gasteiger partial charge in [-0.25, -0.2) is 0 Å². The Morgan fingerprint density at radius 3 is 2.62 bits per heavy atom. The molecule has 88 valence electrons. The minimum absolute atomic E-state index is 0.224. The molecule has 0 bridgehead atoms. The molecule has 0 saturated carbocycles. The highest BCUT2D eigenvalue weighted by molar-refractivity contribution is 7.99. The van der Waals surface area contributed by atoms with E-state index in [0.717, 1.165) is 23.5 Å². The Labute approximate surface area is 102 Å². The summed E-state index contributed by atoms with van der Waals surface area (Å²) in [6, 6.07) is 8.28. The van der Waals surface area contributed by atoms with Crippen molar-refractivity contribution in [2.24, 2.45) is 5.41 Å². The van der Waals surface area contributed by atoms with Gasteiger partial charge in [-0.3, -0.25) is 0 Å². The van der Waals surface area contributed by atoms with Crippen LogP contribution in [0.25, 0.3) is 0 Å². The van der Waals surface area contributed by atoms with Gasteiger partial charge < -0.3 is 5.11 Å². The highest BCUT2D eigenvalue weighted by Crippen LogP contribution is 2.44. The largest absolute Gasteiger partial charge is 0.384 e. The molecule has 1 aromatic carbocycles. The summed E-state index contributed by atoms with van der Waals surface area (Å²) in [7, 11) is 0. The first-order valence-corrected chi connectivity index (χ1v) is 6.94. The Morgan fingerprint density at radius 2 is 2.00 bits per heavy atom. The van der Waals surface area contributed by atoms with Crippen molar-refractivity contribution < 1.29 is 5.11 Å². The van der Waals surface area contributed by atoms with E-state index in [1.54, 1.807) is 0 Å². The standard InChI is InChI=1S/C14H20OS/c1-11-5-4-6-12(7-11)14(15)8-13(2,3)9-16-10-14/h4-7,15H,8-10H2,1-3H3. The van der Waals surface area contributed by atoms with Crippen molar-refractivity contribution in [1.29, 1.82) is 0 Å². The molecule has 1 unspecified atom stereocenters. The summed E-state index contributed by atoms with van der Waals surface area (Å²) in [4.78, 5) is 0. The second-order valence-electron chi connectivity index (χ2n) is 5.73. The fourth-order valence-corrected chi connectivity index (χ4v) is 3.87. The van der Waals surface area contributed by atoms with E-state index in [1.807, 2.05) is 17.8 Å². The SMILES string of the molecule is Cc1cccc(C2(O)CSCC(C)(C)C2)c1. The van der Waals surface area contributed by atoms with Gasteiger partial charge in [0.1, 0.15) is 0 Å². The average Bonchev–Trinajstić information content (AvgIpc) is 2.15. The van der Waals surface area contributed by atoms with E-state index in [2.05, 4.69) is 39.0 Å². The summed E-state index contributed by atoms with van der Waals surface area (Å²) in [5, 5.41) is 10.8. The molecule has 1 nitrogen and oxygen atoms in total. The lowest BCUT2D eigenvalue weighted by Crippen LogP contribution is -2.40. The minimum atomic E-state index is -0.640. The van der Waals surface area contributed by atoms with Crippen LogP contribution in [0.1, 0.15) is 31.4 Å². The summed E-state index contributed by atoms with van der Waals surface area (Å²) in [5.41, 5.74) is 1.88. The maximum atomic E-state index is 10.8. The van der Waals surface area contributed by atoms with Crippen molar-refractivity contribution in [1.82, 2.24) is 0 Å². The predicted octanol–water partition coefficient (Wildman–Crippen LogP) is 3.35. The van der Waals surface area contributed by atoms with Crippen LogP contribution in [-0.2, 0) is 5.60 Å². The molecule has 1 aliphatic rings. The second kappa shape index (κ2) is 4.08. The molecule has 1 atom stereocenters. The predicted molar refractivity (Wildman–Crippen MR) is 70.8 cm³/mol. The quantitative estimate of drug-likeness (QED) is 0.807. The molecule has 2 rings (SSSR count). The second-order valence-corrected chi connectivity index (χ2v) is 6.72. The molecule has 1 aliphatic heterocycles. The van der Waals surface area contributed by atoms with Gasteiger partial charge in [0.2, 0.25) is 0 Å². The molecular formula is C14H20OS. The van der Waals surface area contributed by atoms with E-state index in [-0.39, 0.29) is 5.41 Å². The molecule has 0 radical (unpaired) electrons. The van der Waals surface area contributed by atoms with Crippen molar-refractivity contribution in [2.75, 3.05) is 11.5 Å². The third-order valence-electron chi connectivity index (χ3n) is 3.16. The van der Waals surface area contributed by atoms with Crippen molar-refractivity contribution in [3.63, 3.8) is 0 Å². The van der Waals surface area contributed by atoms with Crippen LogP contribution in [0.15, 0.2) is 24.3 Å². The lowest BCUT2D eigenvalue weighted by atomic mass is 9.78. The van der Waals surface area contributed by atoms with Crippen molar-refractivity contribution in [2.45, 2.75) is 32.8 Å². The number of rotatable bonds is 1. The normalized spacial score (nSPS) is 29.0. The molecule has 16 heavy (non-hydrogen) atoms. The molecule has 1 N–H and O–H groups in total. The molecule has 2 heteroatoms. The molecule has 0 aliphatic carbocycles. The van der Waals surface area contributed by atoms with Gasteiger partial charge in [-0.2, -0.15) is 11.8 Å². The van der Waals surface area contributed by atoms with E-state index in [4.69, 9.17) is 0 Å². The monoisotopic (exact) mass is 236 g/mol. The third-order valence-corrected chi connectivity index (χ3v) is 4.83. The lowest BCUT2D eigenvalue weighted by Gasteiger charge is -2.41. The molecule has 1 saturated heterocycles. The summed E-state index contributed by atoms with van der Waals surface area (Å²) in [6.07, 6.45) is 0.858. The van der Waals surface area contributed by atoms with Crippen LogP contribution in [0.5, 0.6) is 0 Å². The van der Waals surface area contributed by atoms with Gasteiger partial charge in [0, 0.05) is 5.75 Å². The van der Waals surface area contributed by atoms with Crippen LogP contribution in [0.2, 0.25) is 0 Å².